The summed E-state index contributed by atoms with van der Waals surface area (Å²) in [5.74, 6) is 6.69. The molecule has 0 N–H and O–H groups in total. The molecule has 1 amide bonds. The van der Waals surface area contributed by atoms with Crippen LogP contribution in [0.5, 0.6) is 0 Å². The zero-order valence-corrected chi connectivity index (χ0v) is 16.8. The standard InChI is InChI=1S/C25H22FN3O/c1-19-8-10-22(18-21(19)11-9-20-5-4-6-23(26)17-20)25(30)29-15-13-28(14-16-29)24-7-2-3-12-27-24/h2-8,10,12,17-18H,13-16H2,1H3. The number of pyridine rings is 1. The molecule has 30 heavy (non-hydrogen) atoms. The summed E-state index contributed by atoms with van der Waals surface area (Å²) in [6, 6.07) is 17.6. The molecule has 0 unspecified atom stereocenters. The topological polar surface area (TPSA) is 36.4 Å². The fraction of sp³-hybridized carbons (Fsp3) is 0.200. The van der Waals surface area contributed by atoms with E-state index in [1.54, 1.807) is 18.3 Å². The summed E-state index contributed by atoms with van der Waals surface area (Å²) in [4.78, 5) is 21.5. The van der Waals surface area contributed by atoms with Crippen LogP contribution in [0.1, 0.15) is 27.0 Å². The van der Waals surface area contributed by atoms with Gasteiger partial charge in [0, 0.05) is 49.1 Å². The number of anilines is 1. The van der Waals surface area contributed by atoms with Crippen LogP contribution in [0, 0.1) is 24.6 Å². The molecule has 5 heteroatoms. The van der Waals surface area contributed by atoms with Gasteiger partial charge in [0.1, 0.15) is 11.6 Å². The Kier molecular flexibility index (Phi) is 5.76. The lowest BCUT2D eigenvalue weighted by molar-refractivity contribution is 0.0746. The van der Waals surface area contributed by atoms with E-state index in [4.69, 9.17) is 0 Å². The molecule has 4 rings (SSSR count). The largest absolute Gasteiger partial charge is 0.353 e. The van der Waals surface area contributed by atoms with Gasteiger partial charge in [0.05, 0.1) is 0 Å². The molecule has 0 atom stereocenters. The Morgan fingerprint density at radius 3 is 2.53 bits per heavy atom. The first-order valence-electron chi connectivity index (χ1n) is 9.94. The maximum atomic E-state index is 13.4. The van der Waals surface area contributed by atoms with Crippen molar-refractivity contribution in [3.05, 3.63) is 94.9 Å². The van der Waals surface area contributed by atoms with Gasteiger partial charge in [-0.3, -0.25) is 4.79 Å². The van der Waals surface area contributed by atoms with Crippen molar-refractivity contribution in [2.24, 2.45) is 0 Å². The Morgan fingerprint density at radius 1 is 0.967 bits per heavy atom. The molecular formula is C25H22FN3O. The monoisotopic (exact) mass is 399 g/mol. The zero-order valence-electron chi connectivity index (χ0n) is 16.8. The first kappa shape index (κ1) is 19.7. The van der Waals surface area contributed by atoms with Crippen molar-refractivity contribution in [2.45, 2.75) is 6.92 Å². The number of benzene rings is 2. The minimum atomic E-state index is -0.313. The van der Waals surface area contributed by atoms with E-state index in [1.807, 2.05) is 48.2 Å². The fourth-order valence-corrected chi connectivity index (χ4v) is 3.46. The second-order valence-electron chi connectivity index (χ2n) is 7.26. The van der Waals surface area contributed by atoms with Crippen LogP contribution in [0.2, 0.25) is 0 Å². The van der Waals surface area contributed by atoms with Crippen LogP contribution in [0.15, 0.2) is 66.9 Å². The number of aromatic nitrogens is 1. The molecule has 0 spiro atoms. The third-order valence-electron chi connectivity index (χ3n) is 5.19. The molecule has 1 saturated heterocycles. The van der Waals surface area contributed by atoms with E-state index in [-0.39, 0.29) is 11.7 Å². The summed E-state index contributed by atoms with van der Waals surface area (Å²) < 4.78 is 13.4. The Bertz CT molecular complexity index is 1110. The predicted octanol–water partition coefficient (Wildman–Crippen LogP) is 3.89. The Morgan fingerprint density at radius 2 is 1.80 bits per heavy atom. The van der Waals surface area contributed by atoms with Gasteiger partial charge in [-0.25, -0.2) is 9.37 Å². The molecule has 0 bridgehead atoms. The first-order valence-corrected chi connectivity index (χ1v) is 9.94. The average Bonchev–Trinajstić information content (AvgIpc) is 2.79. The van der Waals surface area contributed by atoms with Gasteiger partial charge in [-0.05, 0) is 55.0 Å². The SMILES string of the molecule is Cc1ccc(C(=O)N2CCN(c3ccccn3)CC2)cc1C#Cc1cccc(F)c1. The van der Waals surface area contributed by atoms with Gasteiger partial charge in [-0.1, -0.05) is 30.0 Å². The Hall–Kier alpha value is -3.65. The second kappa shape index (κ2) is 8.79. The molecule has 3 aromatic rings. The van der Waals surface area contributed by atoms with Crippen LogP contribution in [-0.4, -0.2) is 42.0 Å². The predicted molar refractivity (Wildman–Crippen MR) is 116 cm³/mol. The number of piperazine rings is 1. The first-order chi connectivity index (χ1) is 14.6. The molecule has 1 aliphatic heterocycles. The van der Waals surface area contributed by atoms with Gasteiger partial charge >= 0.3 is 0 Å². The Balaban J connectivity index is 1.47. The van der Waals surface area contributed by atoms with Gasteiger partial charge in [0.2, 0.25) is 0 Å². The number of carbonyl (C=O) groups excluding carboxylic acids is 1. The van der Waals surface area contributed by atoms with Crippen molar-refractivity contribution in [1.82, 2.24) is 9.88 Å². The van der Waals surface area contributed by atoms with E-state index in [9.17, 15) is 9.18 Å². The lowest BCUT2D eigenvalue weighted by Gasteiger charge is -2.35. The summed E-state index contributed by atoms with van der Waals surface area (Å²) in [6.45, 7) is 4.75. The fourth-order valence-electron chi connectivity index (χ4n) is 3.46. The third-order valence-corrected chi connectivity index (χ3v) is 5.19. The van der Waals surface area contributed by atoms with E-state index in [0.717, 1.165) is 30.0 Å². The van der Waals surface area contributed by atoms with Crippen molar-refractivity contribution >= 4 is 11.7 Å². The molecule has 0 aliphatic carbocycles. The van der Waals surface area contributed by atoms with Crippen LogP contribution < -0.4 is 4.90 Å². The van der Waals surface area contributed by atoms with Crippen LogP contribution in [0.3, 0.4) is 0 Å². The summed E-state index contributed by atoms with van der Waals surface area (Å²) in [5.41, 5.74) is 2.99. The van der Waals surface area contributed by atoms with E-state index < -0.39 is 0 Å². The summed E-state index contributed by atoms with van der Waals surface area (Å²) in [7, 11) is 0. The average molecular weight is 399 g/mol. The van der Waals surface area contributed by atoms with Gasteiger partial charge in [-0.15, -0.1) is 0 Å². The summed E-state index contributed by atoms with van der Waals surface area (Å²) in [5, 5.41) is 0. The molecular weight excluding hydrogens is 377 g/mol. The number of hydrogen-bond acceptors (Lipinski definition) is 3. The van der Waals surface area contributed by atoms with Gasteiger partial charge in [-0.2, -0.15) is 0 Å². The van der Waals surface area contributed by atoms with Crippen LogP contribution in [-0.2, 0) is 0 Å². The highest BCUT2D eigenvalue weighted by Gasteiger charge is 2.23. The molecule has 2 aromatic carbocycles. The highest BCUT2D eigenvalue weighted by molar-refractivity contribution is 5.95. The van der Waals surface area contributed by atoms with Gasteiger partial charge in [0.15, 0.2) is 0 Å². The minimum Gasteiger partial charge on any atom is -0.353 e. The minimum absolute atomic E-state index is 0.00414. The van der Waals surface area contributed by atoms with E-state index >= 15 is 0 Å². The van der Waals surface area contributed by atoms with E-state index in [0.29, 0.717) is 24.2 Å². The molecule has 1 aliphatic rings. The maximum Gasteiger partial charge on any atom is 0.254 e. The number of aryl methyl sites for hydroxylation is 1. The normalized spacial score (nSPS) is 13.5. The lowest BCUT2D eigenvalue weighted by atomic mass is 10.0. The number of carbonyl (C=O) groups is 1. The van der Waals surface area contributed by atoms with Crippen LogP contribution >= 0.6 is 0 Å². The number of nitrogens with zero attached hydrogens (tertiary/aromatic N) is 3. The number of amides is 1. The van der Waals surface area contributed by atoms with Crippen LogP contribution in [0.4, 0.5) is 10.2 Å². The smallest absolute Gasteiger partial charge is 0.254 e. The quantitative estimate of drug-likeness (QED) is 0.614. The summed E-state index contributed by atoms with van der Waals surface area (Å²) in [6.07, 6.45) is 1.78. The van der Waals surface area contributed by atoms with Crippen molar-refractivity contribution in [3.8, 4) is 11.8 Å². The Labute approximate surface area is 176 Å². The number of halogens is 1. The van der Waals surface area contributed by atoms with E-state index in [1.165, 1.54) is 12.1 Å². The maximum absolute atomic E-state index is 13.4. The van der Waals surface area contributed by atoms with Crippen molar-refractivity contribution in [1.29, 1.82) is 0 Å². The summed E-state index contributed by atoms with van der Waals surface area (Å²) >= 11 is 0. The van der Waals surface area contributed by atoms with Crippen molar-refractivity contribution in [2.75, 3.05) is 31.1 Å². The molecule has 2 heterocycles. The van der Waals surface area contributed by atoms with Gasteiger partial charge in [0.25, 0.3) is 5.91 Å². The molecule has 0 radical (unpaired) electrons. The molecule has 0 saturated carbocycles. The highest BCUT2D eigenvalue weighted by Crippen LogP contribution is 2.17. The molecule has 4 nitrogen and oxygen atoms in total. The van der Waals surface area contributed by atoms with Crippen molar-refractivity contribution in [3.63, 3.8) is 0 Å². The molecule has 1 aromatic heterocycles. The molecule has 1 fully saturated rings. The lowest BCUT2D eigenvalue weighted by Crippen LogP contribution is -2.49. The third kappa shape index (κ3) is 4.49. The van der Waals surface area contributed by atoms with Crippen LogP contribution in [0.25, 0.3) is 0 Å². The zero-order chi connectivity index (χ0) is 20.9. The van der Waals surface area contributed by atoms with Gasteiger partial charge < -0.3 is 9.80 Å². The highest BCUT2D eigenvalue weighted by atomic mass is 19.1. The number of hydrogen-bond donors (Lipinski definition) is 0. The number of rotatable bonds is 2. The second-order valence-corrected chi connectivity index (χ2v) is 7.26. The van der Waals surface area contributed by atoms with E-state index in [2.05, 4.69) is 21.7 Å². The van der Waals surface area contributed by atoms with Crippen molar-refractivity contribution < 1.29 is 9.18 Å². The molecule has 150 valence electrons.